The number of hydrogen-bond donors (Lipinski definition) is 0. The Morgan fingerprint density at radius 3 is 1.89 bits per heavy atom. The zero-order valence-electron chi connectivity index (χ0n) is 25.2. The maximum atomic E-state index is 9.75. The smallest absolute Gasteiger partial charge is 0.0991 e. The molecule has 47 heavy (non-hydrogen) atoms. The van der Waals surface area contributed by atoms with E-state index in [1.54, 1.807) is 0 Å². The second-order valence-corrected chi connectivity index (χ2v) is 13.1. The summed E-state index contributed by atoms with van der Waals surface area (Å²) in [6.07, 6.45) is 0. The average Bonchev–Trinajstić information content (AvgIpc) is 3.78. The molecule has 0 aliphatic heterocycles. The van der Waals surface area contributed by atoms with E-state index < -0.39 is 0 Å². The van der Waals surface area contributed by atoms with Crippen LogP contribution in [0, 0.1) is 11.3 Å². The molecule has 0 saturated carbocycles. The molecule has 0 N–H and O–H groups in total. The summed E-state index contributed by atoms with van der Waals surface area (Å²) in [6, 6.07) is 56.5. The summed E-state index contributed by atoms with van der Waals surface area (Å²) in [4.78, 5) is 0. The first kappa shape index (κ1) is 26.1. The Kier molecular flexibility index (Phi) is 5.51. The number of nitrogens with zero attached hydrogens (tertiary/aromatic N) is 3. The maximum absolute atomic E-state index is 9.75. The van der Waals surface area contributed by atoms with E-state index in [0.29, 0.717) is 5.56 Å². The van der Waals surface area contributed by atoms with Crippen LogP contribution in [0.15, 0.2) is 152 Å². The van der Waals surface area contributed by atoms with E-state index in [4.69, 9.17) is 0 Å². The molecule has 10 aromatic rings. The summed E-state index contributed by atoms with van der Waals surface area (Å²) in [6.45, 7) is 0. The van der Waals surface area contributed by atoms with Crippen molar-refractivity contribution in [1.82, 2.24) is 9.13 Å². The van der Waals surface area contributed by atoms with Crippen LogP contribution in [0.25, 0.3) is 86.3 Å². The van der Waals surface area contributed by atoms with Gasteiger partial charge in [-0.1, -0.05) is 84.9 Å². The molecule has 0 atom stereocenters. The number of hydrogen-bond acceptors (Lipinski definition) is 2. The van der Waals surface area contributed by atoms with E-state index in [-0.39, 0.29) is 0 Å². The van der Waals surface area contributed by atoms with E-state index in [0.717, 1.165) is 38.7 Å². The first-order chi connectivity index (χ1) is 23.3. The van der Waals surface area contributed by atoms with Crippen molar-refractivity contribution in [3.63, 3.8) is 0 Å². The number of aromatic nitrogens is 2. The summed E-state index contributed by atoms with van der Waals surface area (Å²) in [5, 5.41) is 17.0. The molecule has 218 valence electrons. The normalized spacial score (nSPS) is 11.8. The van der Waals surface area contributed by atoms with Crippen molar-refractivity contribution < 1.29 is 0 Å². The highest BCUT2D eigenvalue weighted by atomic mass is 32.1. The molecule has 0 fully saturated rings. The lowest BCUT2D eigenvalue weighted by molar-refractivity contribution is 1.16. The van der Waals surface area contributed by atoms with Crippen LogP contribution in [0.1, 0.15) is 5.56 Å². The Morgan fingerprint density at radius 2 is 1.09 bits per heavy atom. The fourth-order valence-electron chi connectivity index (χ4n) is 7.45. The number of nitriles is 1. The minimum Gasteiger partial charge on any atom is -0.309 e. The van der Waals surface area contributed by atoms with Gasteiger partial charge in [0.05, 0.1) is 33.7 Å². The lowest BCUT2D eigenvalue weighted by atomic mass is 10.0. The summed E-state index contributed by atoms with van der Waals surface area (Å²) < 4.78 is 7.36. The van der Waals surface area contributed by atoms with E-state index in [9.17, 15) is 5.26 Å². The van der Waals surface area contributed by atoms with Gasteiger partial charge in [-0.3, -0.25) is 0 Å². The third-order valence-corrected chi connectivity index (χ3v) is 10.8. The monoisotopic (exact) mass is 615 g/mol. The molecule has 3 aromatic heterocycles. The Labute approximate surface area is 274 Å². The SMILES string of the molecule is N#Cc1ccc2c(c1)c1cc3c4ccccc4n(-c4ccc(-c5cccc6c5sc5ccccc56)cc4)c3cc1n2-c1ccccc1. The van der Waals surface area contributed by atoms with Gasteiger partial charge in [-0.05, 0) is 77.9 Å². The molecule has 3 nitrogen and oxygen atoms in total. The van der Waals surface area contributed by atoms with Crippen LogP contribution in [0.2, 0.25) is 0 Å². The van der Waals surface area contributed by atoms with Crippen LogP contribution in [0.3, 0.4) is 0 Å². The fraction of sp³-hybridized carbons (Fsp3) is 0. The van der Waals surface area contributed by atoms with Gasteiger partial charge in [0.1, 0.15) is 0 Å². The minimum absolute atomic E-state index is 0.665. The van der Waals surface area contributed by atoms with Gasteiger partial charge < -0.3 is 9.13 Å². The third kappa shape index (κ3) is 3.78. The van der Waals surface area contributed by atoms with Gasteiger partial charge in [-0.25, -0.2) is 0 Å². The van der Waals surface area contributed by atoms with Crippen molar-refractivity contribution in [2.24, 2.45) is 0 Å². The van der Waals surface area contributed by atoms with Gasteiger partial charge >= 0.3 is 0 Å². The van der Waals surface area contributed by atoms with Gasteiger partial charge in [-0.15, -0.1) is 11.3 Å². The first-order valence-electron chi connectivity index (χ1n) is 15.7. The Bertz CT molecular complexity index is 2900. The molecule has 4 heteroatoms. The Morgan fingerprint density at radius 1 is 0.447 bits per heavy atom. The van der Waals surface area contributed by atoms with Crippen LogP contribution in [0.4, 0.5) is 0 Å². The van der Waals surface area contributed by atoms with Crippen LogP contribution in [0.5, 0.6) is 0 Å². The highest BCUT2D eigenvalue weighted by molar-refractivity contribution is 7.26. The van der Waals surface area contributed by atoms with Crippen LogP contribution >= 0.6 is 11.3 Å². The highest BCUT2D eigenvalue weighted by Gasteiger charge is 2.19. The predicted octanol–water partition coefficient (Wildman–Crippen LogP) is 11.8. The zero-order chi connectivity index (χ0) is 31.1. The van der Waals surface area contributed by atoms with Crippen molar-refractivity contribution >= 4 is 75.1 Å². The van der Waals surface area contributed by atoms with E-state index >= 15 is 0 Å². The number of para-hydroxylation sites is 2. The molecule has 0 spiro atoms. The second-order valence-electron chi connectivity index (χ2n) is 12.1. The van der Waals surface area contributed by atoms with E-state index in [2.05, 4.69) is 149 Å². The molecular weight excluding hydrogens is 591 g/mol. The van der Waals surface area contributed by atoms with Crippen LogP contribution in [-0.2, 0) is 0 Å². The fourth-order valence-corrected chi connectivity index (χ4v) is 8.69. The van der Waals surface area contributed by atoms with Crippen molar-refractivity contribution in [2.75, 3.05) is 0 Å². The standard InChI is InChI=1S/C43H25N3S/c44-26-27-17-22-39-35(23-27)37-24-36-32-11-4-6-15-38(32)46(40(36)25-41(37)45(39)29-9-2-1-3-10-29)30-20-18-28(19-21-30)31-13-8-14-34-33-12-5-7-16-42(33)47-43(31)34/h1-25H. The van der Waals surface area contributed by atoms with Crippen molar-refractivity contribution in [1.29, 1.82) is 5.26 Å². The van der Waals surface area contributed by atoms with E-state index in [1.165, 1.54) is 47.6 Å². The van der Waals surface area contributed by atoms with Gasteiger partial charge in [0.15, 0.2) is 0 Å². The zero-order valence-corrected chi connectivity index (χ0v) is 26.0. The van der Waals surface area contributed by atoms with Gasteiger partial charge in [0.25, 0.3) is 0 Å². The highest BCUT2D eigenvalue weighted by Crippen LogP contribution is 2.42. The number of thiophene rings is 1. The van der Waals surface area contributed by atoms with Crippen molar-refractivity contribution in [3.05, 3.63) is 157 Å². The van der Waals surface area contributed by atoms with Crippen molar-refractivity contribution in [3.8, 4) is 28.6 Å². The third-order valence-electron chi connectivity index (χ3n) is 9.54. The number of rotatable bonds is 3. The molecule has 0 bridgehead atoms. The quantitative estimate of drug-likeness (QED) is 0.195. The number of benzene rings is 7. The van der Waals surface area contributed by atoms with Crippen molar-refractivity contribution in [2.45, 2.75) is 0 Å². The molecule has 0 amide bonds. The summed E-state index contributed by atoms with van der Waals surface area (Å²) in [5.41, 5.74) is 9.89. The summed E-state index contributed by atoms with van der Waals surface area (Å²) in [7, 11) is 0. The summed E-state index contributed by atoms with van der Waals surface area (Å²) >= 11 is 1.87. The average molecular weight is 616 g/mol. The number of fused-ring (bicyclic) bond motifs is 9. The summed E-state index contributed by atoms with van der Waals surface area (Å²) in [5.74, 6) is 0. The largest absolute Gasteiger partial charge is 0.309 e. The van der Waals surface area contributed by atoms with Gasteiger partial charge in [0.2, 0.25) is 0 Å². The topological polar surface area (TPSA) is 33.6 Å². The Hall–Kier alpha value is -6.15. The first-order valence-corrected chi connectivity index (χ1v) is 16.6. The maximum Gasteiger partial charge on any atom is 0.0991 e. The second kappa shape index (κ2) is 9.92. The minimum atomic E-state index is 0.665. The molecule has 0 unspecified atom stereocenters. The van der Waals surface area contributed by atoms with Gasteiger partial charge in [-0.2, -0.15) is 5.26 Å². The Balaban J connectivity index is 1.22. The van der Waals surface area contributed by atoms with Crippen LogP contribution in [-0.4, -0.2) is 9.13 Å². The predicted molar refractivity (Wildman–Crippen MR) is 198 cm³/mol. The van der Waals surface area contributed by atoms with Gasteiger partial charge in [0, 0.05) is 53.1 Å². The lowest BCUT2D eigenvalue weighted by Gasteiger charge is -2.11. The van der Waals surface area contributed by atoms with Crippen LogP contribution < -0.4 is 0 Å². The molecular formula is C43H25N3S. The molecule has 0 saturated heterocycles. The molecule has 10 rings (SSSR count). The molecule has 0 radical (unpaired) electrons. The van der Waals surface area contributed by atoms with E-state index in [1.807, 2.05) is 29.5 Å². The molecule has 3 heterocycles. The molecule has 7 aromatic carbocycles. The molecule has 0 aliphatic carbocycles. The lowest BCUT2D eigenvalue weighted by Crippen LogP contribution is -1.96. The molecule has 0 aliphatic rings.